The Labute approximate surface area is 65.0 Å². The molecule has 0 aliphatic rings. The van der Waals surface area contributed by atoms with E-state index in [4.69, 9.17) is 5.21 Å². The van der Waals surface area contributed by atoms with Gasteiger partial charge in [-0.25, -0.2) is 4.73 Å². The topological polar surface area (TPSA) is 42.2 Å². The Hall–Kier alpha value is -0.520. The SMILES string of the molecule is O=c1ccn(O)cc1I. The number of hydrogen-bond acceptors (Lipinski definition) is 2. The van der Waals surface area contributed by atoms with E-state index in [1.54, 1.807) is 0 Å². The van der Waals surface area contributed by atoms with Crippen molar-refractivity contribution >= 4 is 22.6 Å². The van der Waals surface area contributed by atoms with Crippen molar-refractivity contribution in [2.75, 3.05) is 0 Å². The second-order valence-electron chi connectivity index (χ2n) is 1.54. The number of halogens is 1. The Bertz CT molecular complexity index is 268. The number of nitrogens with zero attached hydrogens (tertiary/aromatic N) is 1. The zero-order chi connectivity index (χ0) is 6.85. The quantitative estimate of drug-likeness (QED) is 0.532. The van der Waals surface area contributed by atoms with Gasteiger partial charge in [0, 0.05) is 12.3 Å². The summed E-state index contributed by atoms with van der Waals surface area (Å²) in [6, 6.07) is 1.31. The molecular formula is C5H4INO2. The highest BCUT2D eigenvalue weighted by molar-refractivity contribution is 14.1. The fourth-order valence-electron chi connectivity index (χ4n) is 0.446. The van der Waals surface area contributed by atoms with Gasteiger partial charge in [-0.3, -0.25) is 4.79 Å². The highest BCUT2D eigenvalue weighted by Gasteiger charge is 1.91. The van der Waals surface area contributed by atoms with E-state index in [9.17, 15) is 4.79 Å². The predicted molar refractivity (Wildman–Crippen MR) is 40.6 cm³/mol. The molecule has 1 aromatic rings. The third-order valence-corrected chi connectivity index (χ3v) is 1.67. The first-order valence-corrected chi connectivity index (χ1v) is 3.35. The average molecular weight is 237 g/mol. The van der Waals surface area contributed by atoms with Crippen LogP contribution in [0.15, 0.2) is 23.3 Å². The molecule has 1 heterocycles. The van der Waals surface area contributed by atoms with Gasteiger partial charge < -0.3 is 5.21 Å². The van der Waals surface area contributed by atoms with E-state index in [1.165, 1.54) is 18.5 Å². The summed E-state index contributed by atoms with van der Waals surface area (Å²) in [7, 11) is 0. The van der Waals surface area contributed by atoms with Crippen LogP contribution in [0.25, 0.3) is 0 Å². The van der Waals surface area contributed by atoms with E-state index >= 15 is 0 Å². The van der Waals surface area contributed by atoms with Crippen LogP contribution >= 0.6 is 22.6 Å². The van der Waals surface area contributed by atoms with E-state index in [0.717, 1.165) is 4.73 Å². The lowest BCUT2D eigenvalue weighted by molar-refractivity contribution is 0.183. The lowest BCUT2D eigenvalue weighted by Gasteiger charge is -1.92. The van der Waals surface area contributed by atoms with E-state index in [2.05, 4.69) is 0 Å². The van der Waals surface area contributed by atoms with Crippen molar-refractivity contribution in [2.45, 2.75) is 0 Å². The van der Waals surface area contributed by atoms with Crippen LogP contribution in [0.4, 0.5) is 0 Å². The average Bonchev–Trinajstić information content (AvgIpc) is 1.80. The van der Waals surface area contributed by atoms with Crippen LogP contribution in [0.3, 0.4) is 0 Å². The summed E-state index contributed by atoms with van der Waals surface area (Å²) in [6.45, 7) is 0. The summed E-state index contributed by atoms with van der Waals surface area (Å²) >= 11 is 1.86. The normalized spacial score (nSPS) is 9.44. The molecular weight excluding hydrogens is 233 g/mol. The Morgan fingerprint density at radius 2 is 2.33 bits per heavy atom. The summed E-state index contributed by atoms with van der Waals surface area (Å²) in [5.74, 6) is 0. The molecule has 0 atom stereocenters. The van der Waals surface area contributed by atoms with Gasteiger partial charge in [-0.2, -0.15) is 0 Å². The molecule has 0 fully saturated rings. The molecule has 9 heavy (non-hydrogen) atoms. The second-order valence-corrected chi connectivity index (χ2v) is 2.70. The van der Waals surface area contributed by atoms with Gasteiger partial charge >= 0.3 is 0 Å². The molecule has 0 radical (unpaired) electrons. The van der Waals surface area contributed by atoms with Gasteiger partial charge in [-0.15, -0.1) is 0 Å². The molecule has 1 N–H and O–H groups in total. The van der Waals surface area contributed by atoms with Crippen molar-refractivity contribution in [1.29, 1.82) is 0 Å². The molecule has 0 spiro atoms. The van der Waals surface area contributed by atoms with E-state index in [1.807, 2.05) is 22.6 Å². The Balaban J connectivity index is 3.34. The van der Waals surface area contributed by atoms with Gasteiger partial charge in [0.25, 0.3) is 0 Å². The van der Waals surface area contributed by atoms with Crippen LogP contribution in [0.5, 0.6) is 0 Å². The summed E-state index contributed by atoms with van der Waals surface area (Å²) in [5, 5.41) is 8.71. The molecule has 48 valence electrons. The van der Waals surface area contributed by atoms with Gasteiger partial charge in [0.2, 0.25) is 0 Å². The van der Waals surface area contributed by atoms with Crippen LogP contribution in [0.1, 0.15) is 0 Å². The van der Waals surface area contributed by atoms with Crippen LogP contribution < -0.4 is 5.43 Å². The van der Waals surface area contributed by atoms with Crippen molar-refractivity contribution < 1.29 is 5.21 Å². The van der Waals surface area contributed by atoms with Crippen LogP contribution in [-0.2, 0) is 0 Å². The standard InChI is InChI=1S/C5H4INO2/c6-4-3-7(9)2-1-5(4)8/h1-3,9H. The molecule has 1 aromatic heterocycles. The van der Waals surface area contributed by atoms with Crippen molar-refractivity contribution in [3.8, 4) is 0 Å². The Morgan fingerprint density at radius 1 is 1.67 bits per heavy atom. The number of pyridine rings is 1. The zero-order valence-corrected chi connectivity index (χ0v) is 6.57. The van der Waals surface area contributed by atoms with Crippen molar-refractivity contribution in [2.24, 2.45) is 0 Å². The van der Waals surface area contributed by atoms with Gasteiger partial charge in [0.1, 0.15) is 0 Å². The molecule has 0 aliphatic carbocycles. The Morgan fingerprint density at radius 3 is 2.78 bits per heavy atom. The van der Waals surface area contributed by atoms with Gasteiger partial charge in [-0.1, -0.05) is 0 Å². The van der Waals surface area contributed by atoms with E-state index < -0.39 is 0 Å². The number of hydrogen-bond donors (Lipinski definition) is 1. The summed E-state index contributed by atoms with van der Waals surface area (Å²) in [6.07, 6.45) is 2.65. The highest BCUT2D eigenvalue weighted by atomic mass is 127. The van der Waals surface area contributed by atoms with Crippen molar-refractivity contribution in [3.05, 3.63) is 32.3 Å². The third kappa shape index (κ3) is 1.44. The summed E-state index contributed by atoms with van der Waals surface area (Å²) in [5.41, 5.74) is -0.0686. The fourth-order valence-corrected chi connectivity index (χ4v) is 0.912. The number of rotatable bonds is 0. The molecule has 0 unspecified atom stereocenters. The smallest absolute Gasteiger partial charge is 0.195 e. The van der Waals surface area contributed by atoms with Gasteiger partial charge in [-0.05, 0) is 22.6 Å². The molecule has 0 bridgehead atoms. The minimum absolute atomic E-state index is 0.0686. The lowest BCUT2D eigenvalue weighted by Crippen LogP contribution is -2.06. The predicted octanol–water partition coefficient (Wildman–Crippen LogP) is 0.690. The first kappa shape index (κ1) is 6.60. The molecule has 0 amide bonds. The molecule has 0 aromatic carbocycles. The van der Waals surface area contributed by atoms with Gasteiger partial charge in [0.15, 0.2) is 5.43 Å². The maximum atomic E-state index is 10.6. The maximum Gasteiger partial charge on any atom is 0.195 e. The number of aromatic nitrogens is 1. The Kier molecular flexibility index (Phi) is 1.75. The molecule has 4 heteroatoms. The highest BCUT2D eigenvalue weighted by Crippen LogP contribution is 1.93. The zero-order valence-electron chi connectivity index (χ0n) is 4.41. The third-order valence-electron chi connectivity index (χ3n) is 0.860. The first-order chi connectivity index (χ1) is 4.20. The van der Waals surface area contributed by atoms with Crippen molar-refractivity contribution in [1.82, 2.24) is 4.73 Å². The van der Waals surface area contributed by atoms with Crippen LogP contribution in [0, 0.1) is 3.57 Å². The molecule has 0 saturated carbocycles. The van der Waals surface area contributed by atoms with Gasteiger partial charge in [0.05, 0.1) is 9.77 Å². The summed E-state index contributed by atoms with van der Waals surface area (Å²) in [4.78, 5) is 10.6. The van der Waals surface area contributed by atoms with Crippen molar-refractivity contribution in [3.63, 3.8) is 0 Å². The van der Waals surface area contributed by atoms with Crippen LogP contribution in [-0.4, -0.2) is 9.94 Å². The molecule has 1 rings (SSSR count). The minimum Gasteiger partial charge on any atom is -0.429 e. The maximum absolute atomic E-state index is 10.6. The van der Waals surface area contributed by atoms with Crippen LogP contribution in [0.2, 0.25) is 0 Å². The monoisotopic (exact) mass is 237 g/mol. The van der Waals surface area contributed by atoms with E-state index in [-0.39, 0.29) is 5.43 Å². The second kappa shape index (κ2) is 2.38. The summed E-state index contributed by atoms with van der Waals surface area (Å²) < 4.78 is 1.36. The fraction of sp³-hybridized carbons (Fsp3) is 0. The van der Waals surface area contributed by atoms with E-state index in [0.29, 0.717) is 3.57 Å². The molecule has 0 aliphatic heterocycles. The molecule has 3 nitrogen and oxygen atoms in total. The minimum atomic E-state index is -0.0686. The lowest BCUT2D eigenvalue weighted by atomic mass is 10.5. The largest absolute Gasteiger partial charge is 0.429 e. The first-order valence-electron chi connectivity index (χ1n) is 2.27. The molecule has 0 saturated heterocycles.